The van der Waals surface area contributed by atoms with Gasteiger partial charge in [-0.3, -0.25) is 14.9 Å². The van der Waals surface area contributed by atoms with E-state index in [1.165, 1.54) is 36.4 Å². The van der Waals surface area contributed by atoms with E-state index in [2.05, 4.69) is 5.32 Å². The van der Waals surface area contributed by atoms with Gasteiger partial charge < -0.3 is 5.32 Å². The molecule has 0 unspecified atom stereocenters. The van der Waals surface area contributed by atoms with Gasteiger partial charge in [-0.2, -0.15) is 13.2 Å². The molecule has 0 aromatic heterocycles. The normalized spacial score (nSPS) is 11.5. The maximum Gasteiger partial charge on any atom is 0.398 e. The van der Waals surface area contributed by atoms with E-state index in [0.717, 1.165) is 6.08 Å². The number of nitrogens with zero attached hydrogens (tertiary/aromatic N) is 1. The average molecular weight is 382 g/mol. The van der Waals surface area contributed by atoms with Crippen LogP contribution in [0.25, 0.3) is 6.08 Å². The molecule has 0 radical (unpaired) electrons. The number of hydrogen-bond acceptors (Lipinski definition) is 4. The Morgan fingerprint density at radius 2 is 1.81 bits per heavy atom. The van der Waals surface area contributed by atoms with Crippen LogP contribution >= 0.6 is 11.8 Å². The van der Waals surface area contributed by atoms with Crippen molar-refractivity contribution in [2.24, 2.45) is 0 Å². The number of nitrogens with one attached hydrogen (secondary N) is 1. The molecule has 0 spiro atoms. The highest BCUT2D eigenvalue weighted by molar-refractivity contribution is 7.99. The summed E-state index contributed by atoms with van der Waals surface area (Å²) in [5.41, 5.74) is 0.323. The minimum absolute atomic E-state index is 0.155. The van der Waals surface area contributed by atoms with Crippen LogP contribution in [0.3, 0.4) is 0 Å². The van der Waals surface area contributed by atoms with Crippen LogP contribution < -0.4 is 5.32 Å². The van der Waals surface area contributed by atoms with Crippen LogP contribution in [0.15, 0.2) is 59.5 Å². The highest BCUT2D eigenvalue weighted by Gasteiger charge is 2.27. The van der Waals surface area contributed by atoms with Crippen molar-refractivity contribution in [1.82, 2.24) is 0 Å². The Labute approximate surface area is 151 Å². The van der Waals surface area contributed by atoms with Gasteiger partial charge in [0.2, 0.25) is 5.91 Å². The molecule has 0 saturated carbocycles. The number of alkyl halides is 3. The predicted octanol–water partition coefficient (Wildman–Crippen LogP) is 4.90. The molecule has 0 aliphatic heterocycles. The summed E-state index contributed by atoms with van der Waals surface area (Å²) in [6.07, 6.45) is -1.96. The molecule has 26 heavy (non-hydrogen) atoms. The molecule has 0 fully saturated rings. The van der Waals surface area contributed by atoms with Gasteiger partial charge in [0.1, 0.15) is 0 Å². The van der Waals surface area contributed by atoms with Crippen LogP contribution in [0.5, 0.6) is 0 Å². The molecule has 1 amide bonds. The van der Waals surface area contributed by atoms with E-state index < -0.39 is 22.8 Å². The molecule has 136 valence electrons. The summed E-state index contributed by atoms with van der Waals surface area (Å²) < 4.78 is 37.1. The lowest BCUT2D eigenvalue weighted by Gasteiger charge is -2.10. The van der Waals surface area contributed by atoms with Gasteiger partial charge in [0.25, 0.3) is 5.69 Å². The van der Waals surface area contributed by atoms with E-state index in [1.807, 2.05) is 0 Å². The predicted molar refractivity (Wildman–Crippen MR) is 94.0 cm³/mol. The number of hydrogen-bond donors (Lipinski definition) is 1. The molecule has 2 rings (SSSR count). The molecule has 0 aliphatic carbocycles. The lowest BCUT2D eigenvalue weighted by molar-refractivity contribution is -0.385. The summed E-state index contributed by atoms with van der Waals surface area (Å²) in [5, 5.41) is 13.4. The third-order valence-corrected chi connectivity index (χ3v) is 4.22. The molecular formula is C17H13F3N2O3S. The number of carbonyl (C=O) groups is 1. The number of halogens is 3. The zero-order valence-corrected chi connectivity index (χ0v) is 14.0. The van der Waals surface area contributed by atoms with Gasteiger partial charge in [0, 0.05) is 17.0 Å². The maximum absolute atomic E-state index is 12.4. The molecule has 0 atom stereocenters. The molecule has 2 aromatic carbocycles. The minimum Gasteiger partial charge on any atom is -0.321 e. The van der Waals surface area contributed by atoms with Crippen molar-refractivity contribution < 1.29 is 22.9 Å². The van der Waals surface area contributed by atoms with Crippen molar-refractivity contribution in [2.45, 2.75) is 11.1 Å². The van der Waals surface area contributed by atoms with Crippen molar-refractivity contribution >= 4 is 35.1 Å². The largest absolute Gasteiger partial charge is 0.398 e. The van der Waals surface area contributed by atoms with E-state index in [9.17, 15) is 28.1 Å². The summed E-state index contributed by atoms with van der Waals surface area (Å²) in [7, 11) is 0. The smallest absolute Gasteiger partial charge is 0.321 e. The first-order valence-electron chi connectivity index (χ1n) is 7.27. The van der Waals surface area contributed by atoms with Gasteiger partial charge in [0.05, 0.1) is 21.9 Å². The summed E-state index contributed by atoms with van der Waals surface area (Å²) in [5.74, 6) is -1.69. The monoisotopic (exact) mass is 382 g/mol. The van der Waals surface area contributed by atoms with Gasteiger partial charge in [0.15, 0.2) is 0 Å². The lowest BCUT2D eigenvalue weighted by Crippen LogP contribution is -2.12. The molecule has 0 aliphatic rings. The van der Waals surface area contributed by atoms with Gasteiger partial charge in [-0.05, 0) is 24.3 Å². The second-order valence-electron chi connectivity index (χ2n) is 5.04. The zero-order chi connectivity index (χ0) is 19.2. The van der Waals surface area contributed by atoms with Gasteiger partial charge in [-0.15, -0.1) is 11.8 Å². The second-order valence-corrected chi connectivity index (χ2v) is 6.06. The molecule has 2 aromatic rings. The SMILES string of the molecule is O=C(/C=C/c1ccccc1[N+](=O)[O-])Nc1ccccc1SCC(F)(F)F. The van der Waals surface area contributed by atoms with Crippen molar-refractivity contribution in [1.29, 1.82) is 0 Å². The first kappa shape index (κ1) is 19.5. The van der Waals surface area contributed by atoms with Gasteiger partial charge >= 0.3 is 6.18 Å². The number of para-hydroxylation sites is 2. The van der Waals surface area contributed by atoms with Crippen LogP contribution in [0.1, 0.15) is 5.56 Å². The van der Waals surface area contributed by atoms with Crippen molar-refractivity contribution in [3.63, 3.8) is 0 Å². The fraction of sp³-hybridized carbons (Fsp3) is 0.118. The Kier molecular flexibility index (Phi) is 6.40. The number of carbonyl (C=O) groups excluding carboxylic acids is 1. The number of anilines is 1. The lowest BCUT2D eigenvalue weighted by atomic mass is 10.1. The van der Waals surface area contributed by atoms with Crippen molar-refractivity contribution in [3.8, 4) is 0 Å². The summed E-state index contributed by atoms with van der Waals surface area (Å²) in [6.45, 7) is 0. The highest BCUT2D eigenvalue weighted by Crippen LogP contribution is 2.32. The molecule has 0 saturated heterocycles. The Hall–Kier alpha value is -2.81. The molecular weight excluding hydrogens is 369 g/mol. The second kappa shape index (κ2) is 8.52. The Morgan fingerprint density at radius 3 is 2.50 bits per heavy atom. The molecule has 1 N–H and O–H groups in total. The molecule has 5 nitrogen and oxygen atoms in total. The summed E-state index contributed by atoms with van der Waals surface area (Å²) in [4.78, 5) is 22.7. The van der Waals surface area contributed by atoms with Crippen LogP contribution in [-0.2, 0) is 4.79 Å². The molecule has 0 bridgehead atoms. The Bertz CT molecular complexity index is 838. The number of rotatable bonds is 6. The first-order chi connectivity index (χ1) is 12.3. The van der Waals surface area contributed by atoms with E-state index in [-0.39, 0.29) is 21.8 Å². The minimum atomic E-state index is -4.33. The van der Waals surface area contributed by atoms with Crippen LogP contribution in [-0.4, -0.2) is 22.8 Å². The molecule has 9 heteroatoms. The summed E-state index contributed by atoms with van der Waals surface area (Å²) >= 11 is 0.564. The number of amides is 1. The first-order valence-corrected chi connectivity index (χ1v) is 8.26. The third kappa shape index (κ3) is 5.92. The molecule has 0 heterocycles. The topological polar surface area (TPSA) is 72.2 Å². The number of thioether (sulfide) groups is 1. The van der Waals surface area contributed by atoms with Crippen molar-refractivity contribution in [2.75, 3.05) is 11.1 Å². The third-order valence-electron chi connectivity index (χ3n) is 3.08. The van der Waals surface area contributed by atoms with Crippen molar-refractivity contribution in [3.05, 3.63) is 70.3 Å². The van der Waals surface area contributed by atoms with Gasteiger partial charge in [-0.25, -0.2) is 0 Å². The Balaban J connectivity index is 2.10. The Morgan fingerprint density at radius 1 is 1.15 bits per heavy atom. The fourth-order valence-corrected chi connectivity index (χ4v) is 2.76. The van der Waals surface area contributed by atoms with Crippen LogP contribution in [0.2, 0.25) is 0 Å². The quantitative estimate of drug-likeness (QED) is 0.334. The zero-order valence-electron chi connectivity index (χ0n) is 13.2. The highest BCUT2D eigenvalue weighted by atomic mass is 32.2. The van der Waals surface area contributed by atoms with Crippen LogP contribution in [0, 0.1) is 10.1 Å². The fourth-order valence-electron chi connectivity index (χ4n) is 1.99. The van der Waals surface area contributed by atoms with Crippen LogP contribution in [0.4, 0.5) is 24.5 Å². The standard InChI is InChI=1S/C17H13F3N2O3S/c18-17(19,20)11-26-15-8-4-2-6-13(15)21-16(23)10-9-12-5-1-3-7-14(12)22(24)25/h1-10H,11H2,(H,21,23)/b10-9+. The maximum atomic E-state index is 12.4. The number of nitro groups is 1. The number of nitro benzene ring substituents is 1. The van der Waals surface area contributed by atoms with E-state index >= 15 is 0 Å². The summed E-state index contributed by atoms with van der Waals surface area (Å²) in [6, 6.07) is 12.0. The van der Waals surface area contributed by atoms with E-state index in [1.54, 1.807) is 18.2 Å². The van der Waals surface area contributed by atoms with Gasteiger partial charge in [-0.1, -0.05) is 24.3 Å². The average Bonchev–Trinajstić information content (AvgIpc) is 2.58. The van der Waals surface area contributed by atoms with E-state index in [4.69, 9.17) is 0 Å². The van der Waals surface area contributed by atoms with E-state index in [0.29, 0.717) is 11.8 Å². The number of benzene rings is 2.